The molecule has 0 amide bonds. The predicted molar refractivity (Wildman–Crippen MR) is 79.3 cm³/mol. The normalized spacial score (nSPS) is 19.3. The van der Waals surface area contributed by atoms with Crippen molar-refractivity contribution >= 4 is 23.1 Å². The molecule has 0 atom stereocenters. The van der Waals surface area contributed by atoms with Gasteiger partial charge < -0.3 is 5.73 Å². The molecule has 6 heteroatoms. The van der Waals surface area contributed by atoms with Crippen molar-refractivity contribution in [1.29, 1.82) is 0 Å². The van der Waals surface area contributed by atoms with Gasteiger partial charge in [0.1, 0.15) is 5.69 Å². The number of para-hydroxylation sites is 1. The second kappa shape index (κ2) is 5.38. The molecule has 1 heterocycles. The van der Waals surface area contributed by atoms with Gasteiger partial charge in [0.2, 0.25) is 0 Å². The van der Waals surface area contributed by atoms with Gasteiger partial charge >= 0.3 is 0 Å². The lowest BCUT2D eigenvalue weighted by Gasteiger charge is -2.37. The minimum Gasteiger partial charge on any atom is -0.393 e. The van der Waals surface area contributed by atoms with Gasteiger partial charge in [-0.1, -0.05) is 12.1 Å². The van der Waals surface area contributed by atoms with Gasteiger partial charge in [-0.15, -0.1) is 0 Å². The molecule has 19 heavy (non-hydrogen) atoms. The minimum absolute atomic E-state index is 0.00291. The largest absolute Gasteiger partial charge is 0.393 e. The van der Waals surface area contributed by atoms with E-state index in [0.29, 0.717) is 12.2 Å². The summed E-state index contributed by atoms with van der Waals surface area (Å²) < 4.78 is 0.230. The van der Waals surface area contributed by atoms with Crippen LogP contribution < -0.4 is 5.73 Å². The van der Waals surface area contributed by atoms with Gasteiger partial charge in [-0.3, -0.25) is 15.0 Å². The average molecular weight is 281 g/mol. The molecule has 0 aromatic heterocycles. The zero-order valence-corrected chi connectivity index (χ0v) is 12.1. The summed E-state index contributed by atoms with van der Waals surface area (Å²) in [4.78, 5) is 12.8. The van der Waals surface area contributed by atoms with Gasteiger partial charge in [-0.25, -0.2) is 0 Å². The Balaban J connectivity index is 2.15. The number of hydrogen-bond acceptors (Lipinski definition) is 5. The Kier molecular flexibility index (Phi) is 4.01. The topological polar surface area (TPSA) is 72.4 Å². The Labute approximate surface area is 117 Å². The van der Waals surface area contributed by atoms with Gasteiger partial charge in [0, 0.05) is 36.2 Å². The highest BCUT2D eigenvalue weighted by atomic mass is 32.2. The van der Waals surface area contributed by atoms with Crippen LogP contribution >= 0.6 is 11.8 Å². The molecule has 2 N–H and O–H groups in total. The molecule has 1 aliphatic heterocycles. The number of rotatable bonds is 3. The van der Waals surface area contributed by atoms with Crippen molar-refractivity contribution in [3.05, 3.63) is 33.9 Å². The van der Waals surface area contributed by atoms with Crippen molar-refractivity contribution in [3.8, 4) is 0 Å². The summed E-state index contributed by atoms with van der Waals surface area (Å²) in [5.41, 5.74) is 7.04. The number of nitro groups is 1. The number of nitrogens with zero attached hydrogens (tertiary/aromatic N) is 2. The van der Waals surface area contributed by atoms with Crippen molar-refractivity contribution in [3.63, 3.8) is 0 Å². The van der Waals surface area contributed by atoms with E-state index in [1.54, 1.807) is 6.07 Å². The summed E-state index contributed by atoms with van der Waals surface area (Å²) in [5.74, 6) is 1.09. The maximum Gasteiger partial charge on any atom is 0.292 e. The Hall–Kier alpha value is -1.27. The summed E-state index contributed by atoms with van der Waals surface area (Å²) in [5, 5.41) is 10.9. The number of nitro benzene ring substituents is 1. The second-order valence-corrected chi connectivity index (χ2v) is 7.23. The standard InChI is InChI=1S/C13H19N3O2S/c1-13(2)9-15(6-7-19-13)8-10-4-3-5-11(12(10)14)16(17)18/h3-5H,6-9,14H2,1-2H3. The zero-order chi connectivity index (χ0) is 14.0. The number of benzene rings is 1. The number of nitrogen functional groups attached to an aromatic ring is 1. The average Bonchev–Trinajstić information content (AvgIpc) is 2.30. The Morgan fingerprint density at radius 1 is 1.53 bits per heavy atom. The molecule has 1 aliphatic rings. The predicted octanol–water partition coefficient (Wildman–Crippen LogP) is 2.50. The third kappa shape index (κ3) is 3.39. The number of anilines is 1. The highest BCUT2D eigenvalue weighted by molar-refractivity contribution is 8.00. The fourth-order valence-corrected chi connectivity index (χ4v) is 3.56. The van der Waals surface area contributed by atoms with Crippen molar-refractivity contribution < 1.29 is 4.92 Å². The van der Waals surface area contributed by atoms with E-state index in [9.17, 15) is 10.1 Å². The van der Waals surface area contributed by atoms with Crippen LogP contribution in [0.3, 0.4) is 0 Å². The Bertz CT molecular complexity index is 491. The van der Waals surface area contributed by atoms with Crippen LogP contribution in [0.2, 0.25) is 0 Å². The van der Waals surface area contributed by atoms with E-state index in [1.807, 2.05) is 17.8 Å². The van der Waals surface area contributed by atoms with E-state index < -0.39 is 4.92 Å². The highest BCUT2D eigenvalue weighted by Gasteiger charge is 2.27. The second-order valence-electron chi connectivity index (χ2n) is 5.43. The summed E-state index contributed by atoms with van der Waals surface area (Å²) in [6.07, 6.45) is 0. The summed E-state index contributed by atoms with van der Waals surface area (Å²) in [6, 6.07) is 5.03. The van der Waals surface area contributed by atoms with Crippen molar-refractivity contribution in [2.45, 2.75) is 25.1 Å². The third-order valence-electron chi connectivity index (χ3n) is 3.27. The first kappa shape index (κ1) is 14.1. The van der Waals surface area contributed by atoms with Gasteiger partial charge in [0.25, 0.3) is 5.69 Å². The molecular weight excluding hydrogens is 262 g/mol. The molecular formula is C13H19N3O2S. The lowest BCUT2D eigenvalue weighted by molar-refractivity contribution is -0.384. The van der Waals surface area contributed by atoms with Crippen LogP contribution in [0.1, 0.15) is 19.4 Å². The third-order valence-corrected chi connectivity index (χ3v) is 4.57. The molecule has 1 aromatic rings. The zero-order valence-electron chi connectivity index (χ0n) is 11.3. The van der Waals surface area contributed by atoms with Gasteiger partial charge in [-0.05, 0) is 19.4 Å². The lowest BCUT2D eigenvalue weighted by Crippen LogP contribution is -2.42. The van der Waals surface area contributed by atoms with Crippen LogP contribution in [0.25, 0.3) is 0 Å². The van der Waals surface area contributed by atoms with Gasteiger partial charge in [0.05, 0.1) is 4.92 Å². The molecule has 1 fully saturated rings. The molecule has 0 radical (unpaired) electrons. The molecule has 0 saturated carbocycles. The van der Waals surface area contributed by atoms with E-state index in [-0.39, 0.29) is 10.4 Å². The first-order valence-electron chi connectivity index (χ1n) is 6.27. The van der Waals surface area contributed by atoms with Crippen LogP contribution in [0, 0.1) is 10.1 Å². The first-order valence-corrected chi connectivity index (χ1v) is 7.26. The summed E-state index contributed by atoms with van der Waals surface area (Å²) >= 11 is 1.97. The van der Waals surface area contributed by atoms with Crippen LogP contribution in [-0.2, 0) is 6.54 Å². The fraction of sp³-hybridized carbons (Fsp3) is 0.538. The maximum absolute atomic E-state index is 10.9. The van der Waals surface area contributed by atoms with E-state index in [1.165, 1.54) is 6.07 Å². The molecule has 2 rings (SSSR count). The summed E-state index contributed by atoms with van der Waals surface area (Å²) in [6.45, 7) is 7.09. The first-order chi connectivity index (χ1) is 8.89. The van der Waals surface area contributed by atoms with E-state index >= 15 is 0 Å². The number of hydrogen-bond donors (Lipinski definition) is 1. The Morgan fingerprint density at radius 3 is 2.89 bits per heavy atom. The molecule has 1 saturated heterocycles. The van der Waals surface area contributed by atoms with Crippen LogP contribution in [0.4, 0.5) is 11.4 Å². The molecule has 0 spiro atoms. The molecule has 5 nitrogen and oxygen atoms in total. The smallest absolute Gasteiger partial charge is 0.292 e. The van der Waals surface area contributed by atoms with E-state index in [2.05, 4.69) is 18.7 Å². The van der Waals surface area contributed by atoms with Crippen LogP contribution in [0.5, 0.6) is 0 Å². The highest BCUT2D eigenvalue weighted by Crippen LogP contribution is 2.32. The van der Waals surface area contributed by atoms with E-state index in [0.717, 1.165) is 24.4 Å². The van der Waals surface area contributed by atoms with Crippen molar-refractivity contribution in [1.82, 2.24) is 4.90 Å². The molecule has 0 aliphatic carbocycles. The number of thioether (sulfide) groups is 1. The van der Waals surface area contributed by atoms with Crippen molar-refractivity contribution in [2.24, 2.45) is 0 Å². The quantitative estimate of drug-likeness (QED) is 0.523. The fourth-order valence-electron chi connectivity index (χ4n) is 2.39. The van der Waals surface area contributed by atoms with Crippen LogP contribution in [-0.4, -0.2) is 33.4 Å². The van der Waals surface area contributed by atoms with Gasteiger partial charge in [-0.2, -0.15) is 11.8 Å². The number of nitrogens with two attached hydrogens (primary N) is 1. The SMILES string of the molecule is CC1(C)CN(Cc2cccc([N+](=O)[O-])c2N)CCS1. The minimum atomic E-state index is -0.422. The Morgan fingerprint density at radius 2 is 2.26 bits per heavy atom. The van der Waals surface area contributed by atoms with Crippen molar-refractivity contribution in [2.75, 3.05) is 24.6 Å². The molecule has 104 valence electrons. The monoisotopic (exact) mass is 281 g/mol. The summed E-state index contributed by atoms with van der Waals surface area (Å²) in [7, 11) is 0. The van der Waals surface area contributed by atoms with Gasteiger partial charge in [0.15, 0.2) is 0 Å². The van der Waals surface area contributed by atoms with Crippen LogP contribution in [0.15, 0.2) is 18.2 Å². The molecule has 0 bridgehead atoms. The lowest BCUT2D eigenvalue weighted by atomic mass is 10.1. The van der Waals surface area contributed by atoms with E-state index in [4.69, 9.17) is 5.73 Å². The molecule has 0 unspecified atom stereocenters. The molecule has 1 aromatic carbocycles. The maximum atomic E-state index is 10.9.